The molecule has 0 aliphatic carbocycles. The zero-order chi connectivity index (χ0) is 11.4. The fraction of sp³-hybridized carbons (Fsp3) is 0.538. The van der Waals surface area contributed by atoms with Crippen LogP contribution in [0, 0.1) is 6.92 Å². The number of nitrogens with one attached hydrogen (secondary N) is 1. The van der Waals surface area contributed by atoms with Crippen LogP contribution in [0.1, 0.15) is 12.5 Å². The summed E-state index contributed by atoms with van der Waals surface area (Å²) in [5.74, 6) is 0. The summed E-state index contributed by atoms with van der Waals surface area (Å²) in [5, 5.41) is 3.40. The van der Waals surface area contributed by atoms with Crippen molar-refractivity contribution in [1.82, 2.24) is 0 Å². The minimum atomic E-state index is 0.321. The molecular weight excluding hydrogens is 202 g/mol. The number of epoxide rings is 1. The molecule has 16 heavy (non-hydrogen) atoms. The summed E-state index contributed by atoms with van der Waals surface area (Å²) in [6, 6.07) is 8.72. The van der Waals surface area contributed by atoms with Crippen molar-refractivity contribution in [3.8, 4) is 0 Å². The molecule has 3 heteroatoms. The van der Waals surface area contributed by atoms with Crippen molar-refractivity contribution in [3.63, 3.8) is 0 Å². The van der Waals surface area contributed by atoms with E-state index in [1.54, 1.807) is 0 Å². The highest BCUT2D eigenvalue weighted by atomic mass is 16.6. The fourth-order valence-electron chi connectivity index (χ4n) is 1.52. The molecule has 0 bridgehead atoms. The van der Waals surface area contributed by atoms with Crippen LogP contribution in [0.25, 0.3) is 0 Å². The summed E-state index contributed by atoms with van der Waals surface area (Å²) in [4.78, 5) is 0. The van der Waals surface area contributed by atoms with E-state index in [0.717, 1.165) is 18.9 Å². The summed E-state index contributed by atoms with van der Waals surface area (Å²) in [7, 11) is 0. The lowest BCUT2D eigenvalue weighted by Crippen LogP contribution is -2.22. The van der Waals surface area contributed by atoms with Crippen molar-refractivity contribution >= 4 is 5.69 Å². The SMILES string of the molecule is Cc1ccc(NC(C)COCC2CO2)cc1. The Morgan fingerprint density at radius 1 is 1.44 bits per heavy atom. The number of aryl methyl sites for hydroxylation is 1. The average Bonchev–Trinajstić information content (AvgIpc) is 3.05. The molecule has 88 valence electrons. The zero-order valence-corrected chi connectivity index (χ0v) is 9.90. The lowest BCUT2D eigenvalue weighted by atomic mass is 10.2. The van der Waals surface area contributed by atoms with Gasteiger partial charge in [0.15, 0.2) is 0 Å². The Morgan fingerprint density at radius 2 is 2.12 bits per heavy atom. The maximum atomic E-state index is 5.53. The van der Waals surface area contributed by atoms with Crippen LogP contribution in [-0.4, -0.2) is 32.0 Å². The van der Waals surface area contributed by atoms with Crippen LogP contribution in [0.15, 0.2) is 24.3 Å². The molecule has 1 saturated heterocycles. The number of hydrogen-bond donors (Lipinski definition) is 1. The smallest absolute Gasteiger partial charge is 0.104 e. The van der Waals surface area contributed by atoms with E-state index in [9.17, 15) is 0 Å². The van der Waals surface area contributed by atoms with Gasteiger partial charge >= 0.3 is 0 Å². The molecule has 2 atom stereocenters. The third-order valence-corrected chi connectivity index (χ3v) is 2.54. The van der Waals surface area contributed by atoms with Gasteiger partial charge in [-0.05, 0) is 26.0 Å². The van der Waals surface area contributed by atoms with Crippen LogP contribution in [0.3, 0.4) is 0 Å². The zero-order valence-electron chi connectivity index (χ0n) is 9.90. The molecule has 2 unspecified atom stereocenters. The Labute approximate surface area is 96.8 Å². The minimum Gasteiger partial charge on any atom is -0.380 e. The first-order chi connectivity index (χ1) is 7.74. The van der Waals surface area contributed by atoms with E-state index in [0.29, 0.717) is 18.8 Å². The number of hydrogen-bond acceptors (Lipinski definition) is 3. The first kappa shape index (κ1) is 11.4. The number of anilines is 1. The first-order valence-corrected chi connectivity index (χ1v) is 5.76. The van der Waals surface area contributed by atoms with Crippen LogP contribution < -0.4 is 5.32 Å². The van der Waals surface area contributed by atoms with E-state index in [1.807, 2.05) is 0 Å². The van der Waals surface area contributed by atoms with E-state index in [1.165, 1.54) is 5.56 Å². The second kappa shape index (κ2) is 5.32. The molecule has 1 N–H and O–H groups in total. The van der Waals surface area contributed by atoms with Crippen molar-refractivity contribution in [3.05, 3.63) is 29.8 Å². The van der Waals surface area contributed by atoms with Gasteiger partial charge in [-0.3, -0.25) is 0 Å². The lowest BCUT2D eigenvalue weighted by Gasteiger charge is -2.15. The molecule has 1 fully saturated rings. The third kappa shape index (κ3) is 3.83. The predicted octanol–water partition coefficient (Wildman–Crippen LogP) is 2.21. The monoisotopic (exact) mass is 221 g/mol. The van der Waals surface area contributed by atoms with E-state index < -0.39 is 0 Å². The fourth-order valence-corrected chi connectivity index (χ4v) is 1.52. The molecule has 0 aromatic heterocycles. The van der Waals surface area contributed by atoms with Crippen molar-refractivity contribution in [2.75, 3.05) is 25.1 Å². The molecule has 1 aliphatic heterocycles. The Morgan fingerprint density at radius 3 is 2.75 bits per heavy atom. The first-order valence-electron chi connectivity index (χ1n) is 5.76. The maximum Gasteiger partial charge on any atom is 0.104 e. The Bertz CT molecular complexity index is 319. The second-order valence-electron chi connectivity index (χ2n) is 4.40. The minimum absolute atomic E-state index is 0.321. The quantitative estimate of drug-likeness (QED) is 0.748. The molecule has 1 aromatic carbocycles. The summed E-state index contributed by atoms with van der Waals surface area (Å²) in [6.45, 7) is 6.51. The highest BCUT2D eigenvalue weighted by Gasteiger charge is 2.22. The molecule has 0 spiro atoms. The number of ether oxygens (including phenoxy) is 2. The van der Waals surface area contributed by atoms with Gasteiger partial charge in [0.1, 0.15) is 6.10 Å². The van der Waals surface area contributed by atoms with Crippen LogP contribution >= 0.6 is 0 Å². The Hall–Kier alpha value is -1.06. The van der Waals surface area contributed by atoms with Gasteiger partial charge in [-0.1, -0.05) is 17.7 Å². The molecule has 1 aliphatic rings. The Kier molecular flexibility index (Phi) is 3.80. The van der Waals surface area contributed by atoms with Gasteiger partial charge in [0.2, 0.25) is 0 Å². The summed E-state index contributed by atoms with van der Waals surface area (Å²) < 4.78 is 10.6. The van der Waals surface area contributed by atoms with Gasteiger partial charge in [0, 0.05) is 11.7 Å². The van der Waals surface area contributed by atoms with Crippen molar-refractivity contribution in [2.24, 2.45) is 0 Å². The van der Waals surface area contributed by atoms with Crippen molar-refractivity contribution < 1.29 is 9.47 Å². The predicted molar refractivity (Wildman–Crippen MR) is 64.8 cm³/mol. The maximum absolute atomic E-state index is 5.53. The van der Waals surface area contributed by atoms with Gasteiger partial charge in [0.05, 0.1) is 19.8 Å². The molecule has 2 rings (SSSR count). The Balaban J connectivity index is 1.68. The van der Waals surface area contributed by atoms with Gasteiger partial charge in [-0.2, -0.15) is 0 Å². The number of benzene rings is 1. The second-order valence-corrected chi connectivity index (χ2v) is 4.40. The van der Waals surface area contributed by atoms with Crippen LogP contribution in [0.2, 0.25) is 0 Å². The van der Waals surface area contributed by atoms with Gasteiger partial charge in [-0.15, -0.1) is 0 Å². The topological polar surface area (TPSA) is 33.8 Å². The van der Waals surface area contributed by atoms with Crippen molar-refractivity contribution in [1.29, 1.82) is 0 Å². The molecule has 0 radical (unpaired) electrons. The molecule has 0 saturated carbocycles. The summed E-state index contributed by atoms with van der Waals surface area (Å²) in [6.07, 6.45) is 0.353. The largest absolute Gasteiger partial charge is 0.380 e. The number of rotatable bonds is 6. The lowest BCUT2D eigenvalue weighted by molar-refractivity contribution is 0.111. The van der Waals surface area contributed by atoms with E-state index in [-0.39, 0.29) is 0 Å². The summed E-state index contributed by atoms with van der Waals surface area (Å²) >= 11 is 0. The van der Waals surface area contributed by atoms with E-state index in [4.69, 9.17) is 9.47 Å². The molecule has 1 heterocycles. The molecule has 0 amide bonds. The highest BCUT2D eigenvalue weighted by molar-refractivity contribution is 5.45. The average molecular weight is 221 g/mol. The van der Waals surface area contributed by atoms with Crippen molar-refractivity contribution in [2.45, 2.75) is 26.0 Å². The normalized spacial score (nSPS) is 20.5. The summed E-state index contributed by atoms with van der Waals surface area (Å²) in [5.41, 5.74) is 2.42. The third-order valence-electron chi connectivity index (χ3n) is 2.54. The van der Waals surface area contributed by atoms with Gasteiger partial charge < -0.3 is 14.8 Å². The van der Waals surface area contributed by atoms with Gasteiger partial charge in [0.25, 0.3) is 0 Å². The molecule has 3 nitrogen and oxygen atoms in total. The van der Waals surface area contributed by atoms with E-state index >= 15 is 0 Å². The molecular formula is C13H19NO2. The highest BCUT2D eigenvalue weighted by Crippen LogP contribution is 2.11. The van der Waals surface area contributed by atoms with Crippen LogP contribution in [0.4, 0.5) is 5.69 Å². The molecule has 1 aromatic rings. The van der Waals surface area contributed by atoms with Crippen LogP contribution in [0.5, 0.6) is 0 Å². The van der Waals surface area contributed by atoms with E-state index in [2.05, 4.69) is 43.4 Å². The standard InChI is InChI=1S/C13H19NO2/c1-10-3-5-12(6-4-10)14-11(2)7-15-8-13-9-16-13/h3-6,11,13-14H,7-9H2,1-2H3. The van der Waals surface area contributed by atoms with Gasteiger partial charge in [-0.25, -0.2) is 0 Å². The van der Waals surface area contributed by atoms with Crippen LogP contribution in [-0.2, 0) is 9.47 Å².